The van der Waals surface area contributed by atoms with Crippen molar-refractivity contribution in [2.24, 2.45) is 0 Å². The van der Waals surface area contributed by atoms with Crippen LogP contribution in [0.2, 0.25) is 10.0 Å². The molecule has 3 heterocycles. The van der Waals surface area contributed by atoms with E-state index in [1.165, 1.54) is 18.0 Å². The predicted molar refractivity (Wildman–Crippen MR) is 131 cm³/mol. The fourth-order valence-corrected chi connectivity index (χ4v) is 4.56. The summed E-state index contributed by atoms with van der Waals surface area (Å²) in [5.74, 6) is 1.10. The highest BCUT2D eigenvalue weighted by molar-refractivity contribution is 6.36. The fraction of sp³-hybridized carbons (Fsp3) is 0.280. The highest BCUT2D eigenvalue weighted by Gasteiger charge is 2.47. The van der Waals surface area contributed by atoms with Gasteiger partial charge in [-0.1, -0.05) is 53.5 Å². The first kappa shape index (κ1) is 22.8. The minimum atomic E-state index is -0.175. The van der Waals surface area contributed by atoms with Crippen LogP contribution in [0.3, 0.4) is 0 Å². The van der Waals surface area contributed by atoms with Crippen LogP contribution in [0.1, 0.15) is 40.3 Å². The average molecular weight is 496 g/mol. The van der Waals surface area contributed by atoms with Crippen LogP contribution in [0.4, 0.5) is 0 Å². The lowest BCUT2D eigenvalue weighted by molar-refractivity contribution is 0.0985. The lowest BCUT2D eigenvalue weighted by Gasteiger charge is -2.12. The minimum absolute atomic E-state index is 0.0284. The lowest BCUT2D eigenvalue weighted by atomic mass is 10.1. The van der Waals surface area contributed by atoms with Crippen molar-refractivity contribution >= 4 is 34.6 Å². The van der Waals surface area contributed by atoms with Gasteiger partial charge in [0.05, 0.1) is 17.2 Å². The standard InChI is InChI=1S/C25H23Cl2N5O2/c1-34-22-8-7-20(21(33)11-17-18(26)13-28-14-19(17)27)32-23(22)30-24(31-32)25(9-10-25)15-29-12-16-5-3-2-4-6-16/h2-8,13-14,29H,9-12,15H2,1H3. The number of halogens is 2. The van der Waals surface area contributed by atoms with E-state index >= 15 is 0 Å². The number of aromatic nitrogens is 4. The van der Waals surface area contributed by atoms with Gasteiger partial charge in [0.25, 0.3) is 0 Å². The van der Waals surface area contributed by atoms with E-state index in [1.807, 2.05) is 18.2 Å². The third kappa shape index (κ3) is 4.39. The van der Waals surface area contributed by atoms with Crippen molar-refractivity contribution in [3.8, 4) is 5.75 Å². The number of carbonyl (C=O) groups is 1. The normalized spacial score (nSPS) is 14.3. The number of Topliss-reactive ketones (excluding diaryl/α,β-unsaturated/α-hetero) is 1. The molecule has 34 heavy (non-hydrogen) atoms. The quantitative estimate of drug-likeness (QED) is 0.339. The molecule has 1 aliphatic rings. The number of fused-ring (bicyclic) bond motifs is 1. The van der Waals surface area contributed by atoms with Gasteiger partial charge in [0.1, 0.15) is 5.69 Å². The van der Waals surface area contributed by atoms with Crippen LogP contribution in [-0.4, -0.2) is 39.0 Å². The Balaban J connectivity index is 1.43. The van der Waals surface area contributed by atoms with Crippen LogP contribution >= 0.6 is 23.2 Å². The molecule has 1 N–H and O–H groups in total. The molecule has 0 radical (unpaired) electrons. The number of hydrogen-bond donors (Lipinski definition) is 1. The van der Waals surface area contributed by atoms with E-state index in [-0.39, 0.29) is 17.6 Å². The van der Waals surface area contributed by atoms with Crippen molar-refractivity contribution in [2.45, 2.75) is 31.2 Å². The molecule has 9 heteroatoms. The van der Waals surface area contributed by atoms with E-state index in [0.29, 0.717) is 38.5 Å². The number of carbonyl (C=O) groups excluding carboxylic acids is 1. The Morgan fingerprint density at radius 1 is 1.12 bits per heavy atom. The Kier molecular flexibility index (Phi) is 6.25. The molecule has 3 aromatic heterocycles. The van der Waals surface area contributed by atoms with Crippen LogP contribution in [0.5, 0.6) is 5.75 Å². The Morgan fingerprint density at radius 3 is 2.53 bits per heavy atom. The molecule has 174 valence electrons. The first-order valence-electron chi connectivity index (χ1n) is 11.0. The molecular formula is C25H23Cl2N5O2. The lowest BCUT2D eigenvalue weighted by Crippen LogP contribution is -2.27. The fourth-order valence-electron chi connectivity index (χ4n) is 4.06. The Labute approximate surface area is 207 Å². The van der Waals surface area contributed by atoms with Gasteiger partial charge < -0.3 is 10.1 Å². The van der Waals surface area contributed by atoms with E-state index in [0.717, 1.165) is 25.9 Å². The smallest absolute Gasteiger partial charge is 0.198 e. The molecule has 1 fully saturated rings. The van der Waals surface area contributed by atoms with Gasteiger partial charge in [-0.05, 0) is 30.5 Å². The highest BCUT2D eigenvalue weighted by atomic mass is 35.5. The zero-order valence-corrected chi connectivity index (χ0v) is 20.1. The van der Waals surface area contributed by atoms with Crippen LogP contribution < -0.4 is 10.1 Å². The number of ether oxygens (including phenoxy) is 1. The number of ketones is 1. The second-order valence-corrected chi connectivity index (χ2v) is 9.32. The summed E-state index contributed by atoms with van der Waals surface area (Å²) in [6.45, 7) is 1.53. The highest BCUT2D eigenvalue weighted by Crippen LogP contribution is 2.46. The van der Waals surface area contributed by atoms with Gasteiger partial charge in [-0.25, -0.2) is 9.50 Å². The van der Waals surface area contributed by atoms with Crippen molar-refractivity contribution in [3.63, 3.8) is 0 Å². The molecule has 5 rings (SSSR count). The predicted octanol–water partition coefficient (Wildman–Crippen LogP) is 4.69. The molecule has 1 saturated carbocycles. The van der Waals surface area contributed by atoms with Crippen LogP contribution in [0.15, 0.2) is 54.9 Å². The summed E-state index contributed by atoms with van der Waals surface area (Å²) in [5.41, 5.74) is 2.53. The number of pyridine rings is 2. The van der Waals surface area contributed by atoms with Crippen LogP contribution in [0.25, 0.3) is 5.65 Å². The summed E-state index contributed by atoms with van der Waals surface area (Å²) < 4.78 is 7.08. The van der Waals surface area contributed by atoms with Gasteiger partial charge in [0, 0.05) is 42.9 Å². The monoisotopic (exact) mass is 495 g/mol. The largest absolute Gasteiger partial charge is 0.493 e. The van der Waals surface area contributed by atoms with Crippen molar-refractivity contribution in [2.75, 3.05) is 13.7 Å². The van der Waals surface area contributed by atoms with Crippen molar-refractivity contribution in [1.82, 2.24) is 24.9 Å². The third-order valence-electron chi connectivity index (χ3n) is 6.21. The number of hydrogen-bond acceptors (Lipinski definition) is 6. The molecule has 0 atom stereocenters. The van der Waals surface area contributed by atoms with E-state index in [9.17, 15) is 4.79 Å². The third-order valence-corrected chi connectivity index (χ3v) is 6.86. The van der Waals surface area contributed by atoms with Crippen molar-refractivity contribution < 1.29 is 9.53 Å². The summed E-state index contributed by atoms with van der Waals surface area (Å²) in [5, 5.41) is 9.02. The van der Waals surface area contributed by atoms with E-state index in [4.69, 9.17) is 38.0 Å². The Bertz CT molecular complexity index is 1330. The van der Waals surface area contributed by atoms with Crippen LogP contribution in [-0.2, 0) is 18.4 Å². The zero-order chi connectivity index (χ0) is 23.7. The second-order valence-electron chi connectivity index (χ2n) is 8.51. The zero-order valence-electron chi connectivity index (χ0n) is 18.6. The van der Waals surface area contributed by atoms with Gasteiger partial charge in [-0.3, -0.25) is 9.78 Å². The van der Waals surface area contributed by atoms with E-state index < -0.39 is 0 Å². The maximum absolute atomic E-state index is 13.3. The summed E-state index contributed by atoms with van der Waals surface area (Å²) in [4.78, 5) is 22.0. The van der Waals surface area contributed by atoms with E-state index in [2.05, 4.69) is 22.4 Å². The first-order chi connectivity index (χ1) is 16.5. The molecule has 7 nitrogen and oxygen atoms in total. The molecule has 0 bridgehead atoms. The molecule has 0 spiro atoms. The van der Waals surface area contributed by atoms with Gasteiger partial charge in [0.2, 0.25) is 0 Å². The van der Waals surface area contributed by atoms with Crippen molar-refractivity contribution in [3.05, 3.63) is 87.5 Å². The SMILES string of the molecule is COc1ccc(C(=O)Cc2c(Cl)cncc2Cl)n2nc(C3(CNCc4ccccc4)CC3)nc12. The van der Waals surface area contributed by atoms with E-state index in [1.54, 1.807) is 23.8 Å². The minimum Gasteiger partial charge on any atom is -0.493 e. The molecule has 0 saturated heterocycles. The Morgan fingerprint density at radius 2 is 1.85 bits per heavy atom. The summed E-state index contributed by atoms with van der Waals surface area (Å²) in [6, 6.07) is 13.7. The topological polar surface area (TPSA) is 81.4 Å². The summed E-state index contributed by atoms with van der Waals surface area (Å²) in [6.07, 6.45) is 4.96. The molecule has 1 aliphatic carbocycles. The molecule has 0 aliphatic heterocycles. The van der Waals surface area contributed by atoms with Crippen molar-refractivity contribution in [1.29, 1.82) is 0 Å². The number of benzene rings is 1. The molecular weight excluding hydrogens is 473 g/mol. The number of rotatable bonds is 9. The maximum atomic E-state index is 13.3. The molecule has 4 aromatic rings. The Hall–Kier alpha value is -3.00. The number of nitrogens with one attached hydrogen (secondary N) is 1. The van der Waals surface area contributed by atoms with Gasteiger partial charge >= 0.3 is 0 Å². The number of methoxy groups -OCH3 is 1. The molecule has 0 amide bonds. The van der Waals surface area contributed by atoms with Crippen LogP contribution in [0, 0.1) is 0 Å². The summed E-state index contributed by atoms with van der Waals surface area (Å²) in [7, 11) is 1.58. The molecule has 1 aromatic carbocycles. The van der Waals surface area contributed by atoms with Gasteiger partial charge in [-0.15, -0.1) is 5.10 Å². The van der Waals surface area contributed by atoms with Gasteiger partial charge in [0.15, 0.2) is 23.0 Å². The first-order valence-corrected chi connectivity index (χ1v) is 11.8. The number of nitrogens with zero attached hydrogens (tertiary/aromatic N) is 4. The maximum Gasteiger partial charge on any atom is 0.198 e. The average Bonchev–Trinajstić information content (AvgIpc) is 3.49. The second kappa shape index (κ2) is 9.33. The molecule has 0 unspecified atom stereocenters. The summed E-state index contributed by atoms with van der Waals surface area (Å²) >= 11 is 12.5. The van der Waals surface area contributed by atoms with Gasteiger partial charge in [-0.2, -0.15) is 0 Å².